The molecule has 0 saturated carbocycles. The standard InChI is InChI=1S/C14H17F2N3O2/c15-12(16)9-20-7-6-13-18-14(21-19-13)8-11(17)10-4-2-1-3-5-10/h1-5,11-12H,6-9,17H2. The Bertz CT molecular complexity index is 534. The van der Waals surface area contributed by atoms with Crippen LogP contribution in [0.2, 0.25) is 0 Å². The SMILES string of the molecule is NC(Cc1nc(CCOCC(F)F)no1)c1ccccc1. The van der Waals surface area contributed by atoms with Gasteiger partial charge in [-0.15, -0.1) is 0 Å². The van der Waals surface area contributed by atoms with Crippen LogP contribution in [0.3, 0.4) is 0 Å². The van der Waals surface area contributed by atoms with Crippen LogP contribution in [0.4, 0.5) is 8.78 Å². The number of halogens is 2. The molecular weight excluding hydrogens is 280 g/mol. The van der Waals surface area contributed by atoms with Gasteiger partial charge in [-0.25, -0.2) is 8.78 Å². The van der Waals surface area contributed by atoms with E-state index in [1.54, 1.807) is 0 Å². The average Bonchev–Trinajstić information content (AvgIpc) is 2.92. The molecular formula is C14H17F2N3O2. The molecule has 1 aromatic carbocycles. The summed E-state index contributed by atoms with van der Waals surface area (Å²) in [5, 5.41) is 3.77. The number of rotatable bonds is 8. The molecule has 21 heavy (non-hydrogen) atoms. The molecule has 0 aliphatic rings. The maximum Gasteiger partial charge on any atom is 0.261 e. The maximum atomic E-state index is 11.9. The molecule has 1 aromatic heterocycles. The van der Waals surface area contributed by atoms with Crippen LogP contribution in [-0.4, -0.2) is 29.8 Å². The van der Waals surface area contributed by atoms with E-state index < -0.39 is 13.0 Å². The van der Waals surface area contributed by atoms with Gasteiger partial charge in [0, 0.05) is 18.9 Å². The van der Waals surface area contributed by atoms with Gasteiger partial charge in [0.05, 0.1) is 6.61 Å². The van der Waals surface area contributed by atoms with Crippen LogP contribution < -0.4 is 5.73 Å². The van der Waals surface area contributed by atoms with Crippen molar-refractivity contribution >= 4 is 0 Å². The molecule has 5 nitrogen and oxygen atoms in total. The quantitative estimate of drug-likeness (QED) is 0.756. The van der Waals surface area contributed by atoms with Gasteiger partial charge in [-0.05, 0) is 5.56 Å². The summed E-state index contributed by atoms with van der Waals surface area (Å²) in [5.74, 6) is 0.856. The lowest BCUT2D eigenvalue weighted by atomic mass is 10.1. The van der Waals surface area contributed by atoms with Crippen molar-refractivity contribution in [1.82, 2.24) is 10.1 Å². The van der Waals surface area contributed by atoms with E-state index in [0.717, 1.165) is 5.56 Å². The molecule has 0 spiro atoms. The molecule has 0 aliphatic heterocycles. The molecule has 0 radical (unpaired) electrons. The highest BCUT2D eigenvalue weighted by molar-refractivity contribution is 5.19. The fraction of sp³-hybridized carbons (Fsp3) is 0.429. The van der Waals surface area contributed by atoms with E-state index in [0.29, 0.717) is 24.6 Å². The Morgan fingerprint density at radius 3 is 2.71 bits per heavy atom. The van der Waals surface area contributed by atoms with Gasteiger partial charge >= 0.3 is 0 Å². The summed E-state index contributed by atoms with van der Waals surface area (Å²) in [4.78, 5) is 4.17. The van der Waals surface area contributed by atoms with Crippen molar-refractivity contribution in [2.24, 2.45) is 5.73 Å². The van der Waals surface area contributed by atoms with Crippen molar-refractivity contribution in [2.75, 3.05) is 13.2 Å². The minimum absolute atomic E-state index is 0.133. The predicted octanol–water partition coefficient (Wildman–Crippen LogP) is 2.14. The molecule has 114 valence electrons. The molecule has 0 aliphatic carbocycles. The summed E-state index contributed by atoms with van der Waals surface area (Å²) in [6.45, 7) is -0.447. The zero-order valence-corrected chi connectivity index (χ0v) is 11.4. The molecule has 0 bridgehead atoms. The van der Waals surface area contributed by atoms with Crippen molar-refractivity contribution in [2.45, 2.75) is 25.3 Å². The van der Waals surface area contributed by atoms with Gasteiger partial charge in [-0.2, -0.15) is 4.98 Å². The zero-order valence-electron chi connectivity index (χ0n) is 11.4. The second-order valence-corrected chi connectivity index (χ2v) is 4.54. The normalized spacial score (nSPS) is 12.8. The number of nitrogens with zero attached hydrogens (tertiary/aromatic N) is 2. The monoisotopic (exact) mass is 297 g/mol. The Morgan fingerprint density at radius 1 is 1.24 bits per heavy atom. The van der Waals surface area contributed by atoms with Gasteiger partial charge in [0.1, 0.15) is 6.61 Å². The van der Waals surface area contributed by atoms with Crippen LogP contribution in [-0.2, 0) is 17.6 Å². The fourth-order valence-corrected chi connectivity index (χ4v) is 1.82. The number of hydrogen-bond donors (Lipinski definition) is 1. The Morgan fingerprint density at radius 2 is 2.00 bits per heavy atom. The zero-order chi connectivity index (χ0) is 15.1. The molecule has 0 amide bonds. The summed E-state index contributed by atoms with van der Waals surface area (Å²) in [5.41, 5.74) is 7.04. The second-order valence-electron chi connectivity index (χ2n) is 4.54. The van der Waals surface area contributed by atoms with Crippen molar-refractivity contribution in [3.63, 3.8) is 0 Å². The van der Waals surface area contributed by atoms with E-state index in [-0.39, 0.29) is 12.6 Å². The highest BCUT2D eigenvalue weighted by atomic mass is 19.3. The lowest BCUT2D eigenvalue weighted by Crippen LogP contribution is -2.13. The lowest BCUT2D eigenvalue weighted by molar-refractivity contribution is 0.0182. The van der Waals surface area contributed by atoms with E-state index >= 15 is 0 Å². The summed E-state index contributed by atoms with van der Waals surface area (Å²) in [6.07, 6.45) is -1.71. The van der Waals surface area contributed by atoms with Gasteiger partial charge in [0.25, 0.3) is 6.43 Å². The Balaban J connectivity index is 1.80. The van der Waals surface area contributed by atoms with Crippen LogP contribution in [0.25, 0.3) is 0 Å². The van der Waals surface area contributed by atoms with Crippen molar-refractivity contribution in [3.8, 4) is 0 Å². The van der Waals surface area contributed by atoms with Gasteiger partial charge in [0.15, 0.2) is 5.82 Å². The highest BCUT2D eigenvalue weighted by Crippen LogP contribution is 2.14. The van der Waals surface area contributed by atoms with E-state index in [9.17, 15) is 8.78 Å². The van der Waals surface area contributed by atoms with Crippen LogP contribution in [0, 0.1) is 0 Å². The first kappa shape index (κ1) is 15.5. The van der Waals surface area contributed by atoms with Gasteiger partial charge in [-0.3, -0.25) is 0 Å². The first-order valence-electron chi connectivity index (χ1n) is 6.63. The minimum atomic E-state index is -2.46. The number of ether oxygens (including phenoxy) is 1. The molecule has 1 atom stereocenters. The molecule has 2 rings (SSSR count). The van der Waals surface area contributed by atoms with Crippen molar-refractivity contribution in [1.29, 1.82) is 0 Å². The minimum Gasteiger partial charge on any atom is -0.375 e. The van der Waals surface area contributed by atoms with E-state index in [1.165, 1.54) is 0 Å². The van der Waals surface area contributed by atoms with Crippen molar-refractivity contribution in [3.05, 3.63) is 47.6 Å². The molecule has 1 heterocycles. The van der Waals surface area contributed by atoms with Gasteiger partial charge < -0.3 is 15.0 Å². The third kappa shape index (κ3) is 5.20. The Hall–Kier alpha value is -1.86. The average molecular weight is 297 g/mol. The van der Waals surface area contributed by atoms with E-state index in [1.807, 2.05) is 30.3 Å². The first-order valence-corrected chi connectivity index (χ1v) is 6.63. The predicted molar refractivity (Wildman–Crippen MR) is 71.9 cm³/mol. The molecule has 2 N–H and O–H groups in total. The first-order chi connectivity index (χ1) is 10.1. The summed E-state index contributed by atoms with van der Waals surface area (Å²) < 4.78 is 33.6. The number of aromatic nitrogens is 2. The third-order valence-electron chi connectivity index (χ3n) is 2.85. The Labute approximate surface area is 121 Å². The summed E-state index contributed by atoms with van der Waals surface area (Å²) >= 11 is 0. The van der Waals surface area contributed by atoms with Crippen LogP contribution in [0.15, 0.2) is 34.9 Å². The Kier molecular flexibility index (Phi) is 5.77. The fourth-order valence-electron chi connectivity index (χ4n) is 1.82. The number of hydrogen-bond acceptors (Lipinski definition) is 5. The van der Waals surface area contributed by atoms with E-state index in [4.69, 9.17) is 15.0 Å². The largest absolute Gasteiger partial charge is 0.375 e. The second kappa shape index (κ2) is 7.80. The smallest absolute Gasteiger partial charge is 0.261 e. The van der Waals surface area contributed by atoms with E-state index in [2.05, 4.69) is 10.1 Å². The summed E-state index contributed by atoms with van der Waals surface area (Å²) in [6, 6.07) is 9.37. The van der Waals surface area contributed by atoms with Crippen LogP contribution >= 0.6 is 0 Å². The molecule has 0 saturated heterocycles. The van der Waals surface area contributed by atoms with Gasteiger partial charge in [0.2, 0.25) is 5.89 Å². The highest BCUT2D eigenvalue weighted by Gasteiger charge is 2.13. The third-order valence-corrected chi connectivity index (χ3v) is 2.85. The molecule has 0 fully saturated rings. The van der Waals surface area contributed by atoms with Crippen molar-refractivity contribution < 1.29 is 18.0 Å². The molecule has 7 heteroatoms. The number of alkyl halides is 2. The topological polar surface area (TPSA) is 74.2 Å². The number of nitrogens with two attached hydrogens (primary N) is 1. The summed E-state index contributed by atoms with van der Waals surface area (Å²) in [7, 11) is 0. The molecule has 2 aromatic rings. The van der Waals surface area contributed by atoms with Crippen LogP contribution in [0.1, 0.15) is 23.3 Å². The number of benzene rings is 1. The van der Waals surface area contributed by atoms with Crippen LogP contribution in [0.5, 0.6) is 0 Å². The molecule has 1 unspecified atom stereocenters. The van der Waals surface area contributed by atoms with Gasteiger partial charge in [-0.1, -0.05) is 35.5 Å². The lowest BCUT2D eigenvalue weighted by Gasteiger charge is -2.08. The maximum absolute atomic E-state index is 11.9.